The number of aryl methyl sites for hydroxylation is 1. The molecular formula is C28H21N3O6S2. The van der Waals surface area contributed by atoms with Crippen molar-refractivity contribution >= 4 is 46.3 Å². The molecule has 0 radical (unpaired) electrons. The second-order valence-electron chi connectivity index (χ2n) is 9.38. The van der Waals surface area contributed by atoms with Crippen LogP contribution in [0.3, 0.4) is 0 Å². The van der Waals surface area contributed by atoms with E-state index in [9.17, 15) is 24.5 Å². The second-order valence-corrected chi connectivity index (χ2v) is 11.5. The standard InChI is InChI=1S/C28H21N3O6S2/c1-15-3-2-4-16(13-15)14-37-20-11-5-17(6-12-20)21-22-24(38-25-23(21)39-28(34)29-25)27(33)30(26(22)32)18-7-9-19(10-8-18)31(35)36/h2-13,21-22,24H,14H2,1H3,(H,29,34). The fraction of sp³-hybridized carbons (Fsp3) is 0.179. The molecule has 4 aromatic rings. The van der Waals surface area contributed by atoms with Crippen molar-refractivity contribution in [2.45, 2.75) is 29.7 Å². The smallest absolute Gasteiger partial charge is 0.305 e. The molecule has 1 N–H and O–H groups in total. The highest BCUT2D eigenvalue weighted by molar-refractivity contribution is 8.00. The van der Waals surface area contributed by atoms with Gasteiger partial charge in [0, 0.05) is 22.9 Å². The number of hydrogen-bond acceptors (Lipinski definition) is 8. The molecule has 2 aliphatic heterocycles. The Bertz CT molecular complexity index is 1660. The summed E-state index contributed by atoms with van der Waals surface area (Å²) in [6.07, 6.45) is 0. The van der Waals surface area contributed by atoms with E-state index in [2.05, 4.69) is 11.1 Å². The second kappa shape index (κ2) is 9.83. The van der Waals surface area contributed by atoms with Crippen molar-refractivity contribution in [1.82, 2.24) is 4.98 Å². The first kappa shape index (κ1) is 25.1. The molecule has 1 aromatic heterocycles. The van der Waals surface area contributed by atoms with Crippen LogP contribution in [0, 0.1) is 23.0 Å². The summed E-state index contributed by atoms with van der Waals surface area (Å²) in [5, 5.41) is 10.9. The van der Waals surface area contributed by atoms with Crippen LogP contribution >= 0.6 is 23.1 Å². The number of nitro benzene ring substituents is 1. The van der Waals surface area contributed by atoms with Crippen molar-refractivity contribution < 1.29 is 19.2 Å². The third kappa shape index (κ3) is 4.53. The monoisotopic (exact) mass is 559 g/mol. The molecule has 0 spiro atoms. The Morgan fingerprint density at radius 3 is 2.44 bits per heavy atom. The van der Waals surface area contributed by atoms with Crippen molar-refractivity contribution in [3.63, 3.8) is 0 Å². The molecule has 9 nitrogen and oxygen atoms in total. The number of imide groups is 1. The van der Waals surface area contributed by atoms with E-state index in [0.29, 0.717) is 22.3 Å². The van der Waals surface area contributed by atoms with Crippen molar-refractivity contribution in [3.8, 4) is 5.75 Å². The predicted molar refractivity (Wildman–Crippen MR) is 147 cm³/mol. The van der Waals surface area contributed by atoms with Gasteiger partial charge in [0.2, 0.25) is 11.8 Å². The maximum absolute atomic E-state index is 13.8. The molecule has 2 aliphatic rings. The number of H-pyrrole nitrogens is 1. The highest BCUT2D eigenvalue weighted by Gasteiger charge is 2.56. The third-order valence-electron chi connectivity index (χ3n) is 6.87. The lowest BCUT2D eigenvalue weighted by atomic mass is 9.83. The van der Waals surface area contributed by atoms with Gasteiger partial charge >= 0.3 is 4.87 Å². The van der Waals surface area contributed by atoms with E-state index < -0.39 is 33.8 Å². The van der Waals surface area contributed by atoms with Gasteiger partial charge in [0.25, 0.3) is 5.69 Å². The van der Waals surface area contributed by atoms with Gasteiger partial charge in [-0.3, -0.25) is 24.5 Å². The van der Waals surface area contributed by atoms with Gasteiger partial charge < -0.3 is 9.72 Å². The van der Waals surface area contributed by atoms with Crippen molar-refractivity contribution in [2.24, 2.45) is 5.92 Å². The summed E-state index contributed by atoms with van der Waals surface area (Å²) < 4.78 is 5.95. The first-order chi connectivity index (χ1) is 18.8. The summed E-state index contributed by atoms with van der Waals surface area (Å²) in [6.45, 7) is 2.43. The van der Waals surface area contributed by atoms with Gasteiger partial charge in [-0.15, -0.1) is 0 Å². The van der Waals surface area contributed by atoms with E-state index in [1.165, 1.54) is 36.0 Å². The summed E-state index contributed by atoms with van der Waals surface area (Å²) in [6, 6.07) is 20.8. The fourth-order valence-corrected chi connectivity index (χ4v) is 7.61. The minimum Gasteiger partial charge on any atom is -0.489 e. The SMILES string of the molecule is Cc1cccc(COc2ccc(C3c4sc(=O)[nH]c4SC4C(=O)N(c5ccc([N+](=O)[O-])cc5)C(=O)C43)cc2)c1. The van der Waals surface area contributed by atoms with Gasteiger partial charge in [-0.1, -0.05) is 65.1 Å². The Labute approximate surface area is 230 Å². The van der Waals surface area contributed by atoms with Gasteiger partial charge in [-0.25, -0.2) is 4.90 Å². The Morgan fingerprint density at radius 1 is 1.00 bits per heavy atom. The molecule has 3 unspecified atom stereocenters. The van der Waals surface area contributed by atoms with Crippen LogP contribution in [-0.4, -0.2) is 27.0 Å². The highest BCUT2D eigenvalue weighted by atomic mass is 32.2. The van der Waals surface area contributed by atoms with Crippen molar-refractivity contribution in [3.05, 3.63) is 114 Å². The van der Waals surface area contributed by atoms with E-state index in [1.54, 1.807) is 0 Å². The Kier molecular flexibility index (Phi) is 6.32. The number of fused-ring (bicyclic) bond motifs is 2. The van der Waals surface area contributed by atoms with Crippen LogP contribution in [0.15, 0.2) is 82.6 Å². The first-order valence-electron chi connectivity index (χ1n) is 12.1. The Hall–Kier alpha value is -4.22. The zero-order valence-electron chi connectivity index (χ0n) is 20.5. The van der Waals surface area contributed by atoms with Crippen molar-refractivity contribution in [1.29, 1.82) is 0 Å². The number of aromatic amines is 1. The van der Waals surface area contributed by atoms with Crippen LogP contribution in [0.4, 0.5) is 11.4 Å². The molecule has 0 aliphatic carbocycles. The molecule has 2 amide bonds. The van der Waals surface area contributed by atoms with Gasteiger partial charge in [0.05, 0.1) is 21.6 Å². The molecule has 0 saturated carbocycles. The number of non-ortho nitro benzene ring substituents is 1. The summed E-state index contributed by atoms with van der Waals surface area (Å²) in [5.74, 6) is -1.41. The molecule has 3 heterocycles. The minimum absolute atomic E-state index is 0.132. The molecule has 1 fully saturated rings. The maximum Gasteiger partial charge on any atom is 0.305 e. The number of carbonyl (C=O) groups excluding carboxylic acids is 2. The predicted octanol–water partition coefficient (Wildman–Crippen LogP) is 5.03. The van der Waals surface area contributed by atoms with E-state index in [1.807, 2.05) is 49.4 Å². The van der Waals surface area contributed by atoms with Crippen LogP contribution in [0.5, 0.6) is 5.75 Å². The molecule has 1 saturated heterocycles. The number of benzene rings is 3. The molecular weight excluding hydrogens is 538 g/mol. The highest BCUT2D eigenvalue weighted by Crippen LogP contribution is 2.53. The number of nitrogens with one attached hydrogen (secondary N) is 1. The largest absolute Gasteiger partial charge is 0.489 e. The summed E-state index contributed by atoms with van der Waals surface area (Å²) in [5.41, 5.74) is 3.13. The van der Waals surface area contributed by atoms with Crippen LogP contribution in [0.1, 0.15) is 27.5 Å². The fourth-order valence-electron chi connectivity index (χ4n) is 5.09. The number of amides is 2. The molecule has 6 rings (SSSR count). The first-order valence-corrected chi connectivity index (χ1v) is 13.8. The molecule has 39 heavy (non-hydrogen) atoms. The minimum atomic E-state index is -0.743. The number of hydrogen-bond donors (Lipinski definition) is 1. The number of aromatic nitrogens is 1. The molecule has 196 valence electrons. The van der Waals surface area contributed by atoms with Crippen LogP contribution in [-0.2, 0) is 16.2 Å². The number of nitrogens with zero attached hydrogens (tertiary/aromatic N) is 2. The van der Waals surface area contributed by atoms with Crippen LogP contribution in [0.25, 0.3) is 0 Å². The van der Waals surface area contributed by atoms with E-state index in [4.69, 9.17) is 4.74 Å². The Balaban J connectivity index is 1.31. The number of thioether (sulfide) groups is 1. The maximum atomic E-state index is 13.8. The Morgan fingerprint density at radius 2 is 1.74 bits per heavy atom. The number of ether oxygens (including phenoxy) is 1. The van der Waals surface area contributed by atoms with Gasteiger partial charge in [0.15, 0.2) is 0 Å². The summed E-state index contributed by atoms with van der Waals surface area (Å²) >= 11 is 2.23. The van der Waals surface area contributed by atoms with Gasteiger partial charge in [0.1, 0.15) is 17.6 Å². The van der Waals surface area contributed by atoms with E-state index in [-0.39, 0.29) is 16.2 Å². The number of thiazole rings is 1. The van der Waals surface area contributed by atoms with E-state index in [0.717, 1.165) is 32.9 Å². The average Bonchev–Trinajstić information content (AvgIpc) is 3.42. The van der Waals surface area contributed by atoms with Crippen molar-refractivity contribution in [2.75, 3.05) is 4.90 Å². The topological polar surface area (TPSA) is 123 Å². The van der Waals surface area contributed by atoms with Gasteiger partial charge in [-0.2, -0.15) is 0 Å². The lowest BCUT2D eigenvalue weighted by Gasteiger charge is -2.29. The molecule has 3 aromatic carbocycles. The number of carbonyl (C=O) groups is 2. The number of nitro groups is 1. The molecule has 3 atom stereocenters. The summed E-state index contributed by atoms with van der Waals surface area (Å²) in [4.78, 5) is 54.5. The van der Waals surface area contributed by atoms with Crippen LogP contribution < -0.4 is 14.5 Å². The number of anilines is 1. The normalized spacial score (nSPS) is 20.0. The van der Waals surface area contributed by atoms with E-state index >= 15 is 0 Å². The number of rotatable bonds is 6. The lowest BCUT2D eigenvalue weighted by Crippen LogP contribution is -2.32. The average molecular weight is 560 g/mol. The molecule has 11 heteroatoms. The summed E-state index contributed by atoms with van der Waals surface area (Å²) in [7, 11) is 0. The zero-order chi connectivity index (χ0) is 27.3. The molecule has 0 bridgehead atoms. The third-order valence-corrected chi connectivity index (χ3v) is 9.27. The van der Waals surface area contributed by atoms with Gasteiger partial charge in [-0.05, 0) is 42.3 Å². The quantitative estimate of drug-likeness (QED) is 0.200. The lowest BCUT2D eigenvalue weighted by molar-refractivity contribution is -0.384. The van der Waals surface area contributed by atoms with Crippen LogP contribution in [0.2, 0.25) is 0 Å². The zero-order valence-corrected chi connectivity index (χ0v) is 22.2.